The van der Waals surface area contributed by atoms with Gasteiger partial charge in [-0.1, -0.05) is 12.1 Å². The molecule has 0 unspecified atom stereocenters. The predicted octanol–water partition coefficient (Wildman–Crippen LogP) is 3.26. The smallest absolute Gasteiger partial charge is 0.316 e. The number of hydrogen-bond donors (Lipinski definition) is 1. The number of fused-ring (bicyclic) bond motifs is 1. The summed E-state index contributed by atoms with van der Waals surface area (Å²) in [5.74, 6) is 1.46. The van der Waals surface area contributed by atoms with Gasteiger partial charge in [0.1, 0.15) is 19.0 Å². The summed E-state index contributed by atoms with van der Waals surface area (Å²) in [6, 6.07) is 9.84. The third-order valence-corrected chi connectivity index (χ3v) is 4.59. The van der Waals surface area contributed by atoms with Crippen LogP contribution in [0.4, 0.5) is 16.0 Å². The molecule has 29 heavy (non-hydrogen) atoms. The van der Waals surface area contributed by atoms with E-state index in [1.54, 1.807) is 22.9 Å². The zero-order valence-electron chi connectivity index (χ0n) is 16.1. The van der Waals surface area contributed by atoms with Crippen LogP contribution < -0.4 is 25.1 Å². The molecule has 1 aliphatic heterocycles. The Morgan fingerprint density at radius 3 is 2.55 bits per heavy atom. The van der Waals surface area contributed by atoms with Gasteiger partial charge in [-0.2, -0.15) is 4.98 Å². The molecule has 4 rings (SSSR count). The second-order valence-electron chi connectivity index (χ2n) is 6.63. The van der Waals surface area contributed by atoms with E-state index in [2.05, 4.69) is 10.3 Å². The first-order valence-corrected chi connectivity index (χ1v) is 9.10. The van der Waals surface area contributed by atoms with Crippen LogP contribution in [0.3, 0.4) is 0 Å². The molecule has 0 amide bonds. The van der Waals surface area contributed by atoms with Crippen LogP contribution in [0.5, 0.6) is 17.2 Å². The number of rotatable bonds is 5. The lowest BCUT2D eigenvalue weighted by atomic mass is 10.1. The Kier molecular flexibility index (Phi) is 5.07. The molecule has 7 nitrogen and oxygen atoms in total. The van der Waals surface area contributed by atoms with Gasteiger partial charge >= 0.3 is 5.56 Å². The molecule has 0 radical (unpaired) electrons. The lowest BCUT2D eigenvalue weighted by molar-refractivity contribution is 0.171. The van der Waals surface area contributed by atoms with E-state index in [-0.39, 0.29) is 11.6 Å². The quantitative estimate of drug-likeness (QED) is 0.712. The Balaban J connectivity index is 1.72. The molecular formula is C21H20FN3O4. The maximum atomic E-state index is 13.2. The number of halogens is 1. The van der Waals surface area contributed by atoms with Crippen LogP contribution in [0, 0.1) is 12.7 Å². The number of nitrogens with one attached hydrogen (secondary N) is 1. The second-order valence-corrected chi connectivity index (χ2v) is 6.63. The third-order valence-electron chi connectivity index (χ3n) is 4.59. The molecule has 0 atom stereocenters. The highest BCUT2D eigenvalue weighted by Gasteiger charge is 2.16. The molecule has 0 saturated heterocycles. The van der Waals surface area contributed by atoms with E-state index in [9.17, 15) is 9.18 Å². The van der Waals surface area contributed by atoms with Crippen molar-refractivity contribution in [1.29, 1.82) is 0 Å². The largest absolute Gasteiger partial charge is 0.490 e. The van der Waals surface area contributed by atoms with Gasteiger partial charge in [-0.3, -0.25) is 4.79 Å². The summed E-state index contributed by atoms with van der Waals surface area (Å²) in [5, 5.41) is 3.20. The predicted molar refractivity (Wildman–Crippen MR) is 106 cm³/mol. The lowest BCUT2D eigenvalue weighted by Crippen LogP contribution is -2.19. The van der Waals surface area contributed by atoms with Crippen LogP contribution in [0.25, 0.3) is 0 Å². The lowest BCUT2D eigenvalue weighted by Gasteiger charge is -2.21. The molecule has 1 aliphatic rings. The highest BCUT2D eigenvalue weighted by molar-refractivity contribution is 5.65. The van der Waals surface area contributed by atoms with Crippen LogP contribution in [-0.4, -0.2) is 29.9 Å². The molecule has 1 aromatic heterocycles. The molecule has 0 saturated carbocycles. The van der Waals surface area contributed by atoms with Crippen molar-refractivity contribution in [3.8, 4) is 17.2 Å². The Hall–Kier alpha value is -3.55. The van der Waals surface area contributed by atoms with E-state index in [1.165, 1.54) is 19.2 Å². The highest BCUT2D eigenvalue weighted by atomic mass is 19.1. The standard InChI is InChI=1S/C21H20FN3O4/c1-13-9-17-18(29-8-7-28-17)10-16(13)23-21-24-20(26)19(27-2)12-25(21)11-14-3-5-15(22)6-4-14/h3-6,9-10,12H,7-8,11H2,1-2H3,(H,23,24,26). The van der Waals surface area contributed by atoms with E-state index in [0.717, 1.165) is 16.8 Å². The molecule has 0 aliphatic carbocycles. The molecule has 3 aromatic rings. The number of aryl methyl sites for hydroxylation is 1. The molecule has 150 valence electrons. The van der Waals surface area contributed by atoms with Crippen molar-refractivity contribution in [3.05, 3.63) is 69.9 Å². The van der Waals surface area contributed by atoms with Gasteiger partial charge in [0.05, 0.1) is 19.9 Å². The first-order valence-electron chi connectivity index (χ1n) is 9.10. The Bertz CT molecular complexity index is 1100. The van der Waals surface area contributed by atoms with Crippen molar-refractivity contribution < 1.29 is 18.6 Å². The minimum Gasteiger partial charge on any atom is -0.490 e. The van der Waals surface area contributed by atoms with Gasteiger partial charge in [0.25, 0.3) is 0 Å². The van der Waals surface area contributed by atoms with Crippen LogP contribution in [0.1, 0.15) is 11.1 Å². The number of nitrogens with zero attached hydrogens (tertiary/aromatic N) is 2. The van der Waals surface area contributed by atoms with Crippen molar-refractivity contribution in [3.63, 3.8) is 0 Å². The average Bonchev–Trinajstić information content (AvgIpc) is 2.72. The van der Waals surface area contributed by atoms with Gasteiger partial charge in [0.2, 0.25) is 11.7 Å². The SMILES string of the molecule is COc1cn(Cc2ccc(F)cc2)c(Nc2cc3c(cc2C)OCCO3)nc1=O. The van der Waals surface area contributed by atoms with Crippen molar-refractivity contribution in [2.24, 2.45) is 0 Å². The summed E-state index contributed by atoms with van der Waals surface area (Å²) in [5.41, 5.74) is 2.01. The van der Waals surface area contributed by atoms with Crippen molar-refractivity contribution in [2.75, 3.05) is 25.6 Å². The van der Waals surface area contributed by atoms with Crippen molar-refractivity contribution in [2.45, 2.75) is 13.5 Å². The van der Waals surface area contributed by atoms with Crippen LogP contribution in [-0.2, 0) is 6.54 Å². The van der Waals surface area contributed by atoms with E-state index >= 15 is 0 Å². The molecule has 0 fully saturated rings. The molecule has 0 bridgehead atoms. The number of methoxy groups -OCH3 is 1. The molecule has 8 heteroatoms. The van der Waals surface area contributed by atoms with Crippen LogP contribution in [0.2, 0.25) is 0 Å². The summed E-state index contributed by atoms with van der Waals surface area (Å²) < 4.78 is 31.3. The first kappa shape index (κ1) is 18.8. The minimum absolute atomic E-state index is 0.122. The summed E-state index contributed by atoms with van der Waals surface area (Å²) in [4.78, 5) is 16.4. The van der Waals surface area contributed by atoms with Gasteiger partial charge in [0, 0.05) is 11.8 Å². The van der Waals surface area contributed by atoms with Gasteiger partial charge in [-0.15, -0.1) is 0 Å². The second kappa shape index (κ2) is 7.83. The fourth-order valence-electron chi connectivity index (χ4n) is 3.07. The fraction of sp³-hybridized carbons (Fsp3) is 0.238. The molecule has 0 spiro atoms. The monoisotopic (exact) mass is 397 g/mol. The van der Waals surface area contributed by atoms with E-state index in [1.807, 2.05) is 19.1 Å². The van der Waals surface area contributed by atoms with Gasteiger partial charge in [-0.05, 0) is 36.2 Å². The zero-order valence-corrected chi connectivity index (χ0v) is 16.1. The maximum Gasteiger partial charge on any atom is 0.316 e. The number of hydrogen-bond acceptors (Lipinski definition) is 6. The van der Waals surface area contributed by atoms with Gasteiger partial charge in [-0.25, -0.2) is 4.39 Å². The van der Waals surface area contributed by atoms with E-state index < -0.39 is 5.56 Å². The van der Waals surface area contributed by atoms with E-state index in [0.29, 0.717) is 37.2 Å². The Morgan fingerprint density at radius 1 is 1.17 bits per heavy atom. The molecule has 2 aromatic carbocycles. The summed E-state index contributed by atoms with van der Waals surface area (Å²) in [6.45, 7) is 3.28. The highest BCUT2D eigenvalue weighted by Crippen LogP contribution is 2.36. The third kappa shape index (κ3) is 4.01. The van der Waals surface area contributed by atoms with E-state index in [4.69, 9.17) is 14.2 Å². The zero-order chi connectivity index (χ0) is 20.4. The van der Waals surface area contributed by atoms with Crippen LogP contribution >= 0.6 is 0 Å². The van der Waals surface area contributed by atoms with Crippen LogP contribution in [0.15, 0.2) is 47.4 Å². The summed E-state index contributed by atoms with van der Waals surface area (Å²) in [6.07, 6.45) is 1.58. The Morgan fingerprint density at radius 2 is 1.86 bits per heavy atom. The Labute approximate surface area is 166 Å². The van der Waals surface area contributed by atoms with Crippen molar-refractivity contribution >= 4 is 11.6 Å². The van der Waals surface area contributed by atoms with Gasteiger partial charge in [0.15, 0.2) is 11.5 Å². The first-order chi connectivity index (χ1) is 14.0. The molecule has 2 heterocycles. The number of aromatic nitrogens is 2. The minimum atomic E-state index is -0.486. The summed E-state index contributed by atoms with van der Waals surface area (Å²) >= 11 is 0. The normalized spacial score (nSPS) is 12.5. The van der Waals surface area contributed by atoms with Gasteiger partial charge < -0.3 is 24.1 Å². The fourth-order valence-corrected chi connectivity index (χ4v) is 3.07. The molecule has 1 N–H and O–H groups in total. The number of benzene rings is 2. The molecular weight excluding hydrogens is 377 g/mol. The average molecular weight is 397 g/mol. The topological polar surface area (TPSA) is 74.6 Å². The number of anilines is 2. The maximum absolute atomic E-state index is 13.2. The number of ether oxygens (including phenoxy) is 3. The summed E-state index contributed by atoms with van der Waals surface area (Å²) in [7, 11) is 1.42. The van der Waals surface area contributed by atoms with Crippen molar-refractivity contribution in [1.82, 2.24) is 9.55 Å².